The molecule has 0 amide bonds. The minimum atomic E-state index is -3.78. The molecule has 0 saturated heterocycles. The maximum Gasteiger partial charge on any atom is 0.281 e. The molecule has 158 valence electrons. The summed E-state index contributed by atoms with van der Waals surface area (Å²) in [5.41, 5.74) is 2.17. The van der Waals surface area contributed by atoms with E-state index in [1.54, 1.807) is 42.6 Å². The van der Waals surface area contributed by atoms with Gasteiger partial charge in [0.15, 0.2) is 5.03 Å². The van der Waals surface area contributed by atoms with Crippen LogP contribution < -0.4 is 4.31 Å². The summed E-state index contributed by atoms with van der Waals surface area (Å²) in [6.07, 6.45) is 4.87. The first-order valence-electron chi connectivity index (χ1n) is 9.58. The van der Waals surface area contributed by atoms with Crippen molar-refractivity contribution in [2.75, 3.05) is 17.9 Å². The first kappa shape index (κ1) is 19.8. The lowest BCUT2D eigenvalue weighted by Crippen LogP contribution is -2.27. The number of hydrogen-bond acceptors (Lipinski definition) is 7. The highest BCUT2D eigenvalue weighted by Gasteiger charge is 2.26. The molecule has 0 saturated carbocycles. The van der Waals surface area contributed by atoms with Crippen LogP contribution in [0.25, 0.3) is 10.9 Å². The first-order valence-corrected chi connectivity index (χ1v) is 11.9. The van der Waals surface area contributed by atoms with Gasteiger partial charge in [0.25, 0.3) is 10.0 Å². The molecule has 0 bridgehead atoms. The number of para-hydroxylation sites is 1. The van der Waals surface area contributed by atoms with Gasteiger partial charge in [-0.05, 0) is 24.3 Å². The van der Waals surface area contributed by atoms with Crippen LogP contribution in [-0.4, -0.2) is 57.0 Å². The maximum absolute atomic E-state index is 13.0. The molecule has 9 nitrogen and oxygen atoms in total. The van der Waals surface area contributed by atoms with Gasteiger partial charge in [0.05, 0.1) is 23.4 Å². The molecule has 0 spiro atoms. The van der Waals surface area contributed by atoms with Gasteiger partial charge in [0, 0.05) is 30.4 Å². The molecule has 0 radical (unpaired) electrons. The number of fused-ring (bicyclic) bond motifs is 1. The Hall–Kier alpha value is -3.18. The van der Waals surface area contributed by atoms with Gasteiger partial charge in [0.1, 0.15) is 17.7 Å². The van der Waals surface area contributed by atoms with Crippen LogP contribution in [0.1, 0.15) is 5.69 Å². The Morgan fingerprint density at radius 1 is 1.19 bits per heavy atom. The fraction of sp³-hybridized carbons (Fsp3) is 0.200. The number of nitrogens with zero attached hydrogens (tertiary/aromatic N) is 6. The summed E-state index contributed by atoms with van der Waals surface area (Å²) >= 11 is 1.69. The second kappa shape index (κ2) is 7.82. The monoisotopic (exact) mass is 453 g/mol. The third kappa shape index (κ3) is 3.70. The van der Waals surface area contributed by atoms with Gasteiger partial charge < -0.3 is 9.55 Å². The van der Waals surface area contributed by atoms with E-state index in [1.165, 1.54) is 23.6 Å². The Bertz CT molecular complexity index is 1350. The molecular weight excluding hydrogens is 434 g/mol. The number of aromatic nitrogens is 5. The number of H-pyrrole nitrogens is 1. The normalized spacial score (nSPS) is 16.5. The summed E-state index contributed by atoms with van der Waals surface area (Å²) in [7, 11) is -2.24. The molecule has 1 aliphatic heterocycles. The molecule has 1 N–H and O–H groups in total. The van der Waals surface area contributed by atoms with Crippen molar-refractivity contribution in [3.63, 3.8) is 0 Å². The van der Waals surface area contributed by atoms with Crippen LogP contribution >= 0.6 is 11.8 Å². The topological polar surface area (TPSA) is 109 Å². The van der Waals surface area contributed by atoms with E-state index in [0.29, 0.717) is 17.5 Å². The lowest BCUT2D eigenvalue weighted by Gasteiger charge is -2.19. The summed E-state index contributed by atoms with van der Waals surface area (Å²) in [6.45, 7) is 1.48. The van der Waals surface area contributed by atoms with E-state index in [-0.39, 0.29) is 5.03 Å². The van der Waals surface area contributed by atoms with Gasteiger partial charge in [0.2, 0.25) is 0 Å². The van der Waals surface area contributed by atoms with Gasteiger partial charge in [-0.1, -0.05) is 30.0 Å². The van der Waals surface area contributed by atoms with Crippen LogP contribution in [0.15, 0.2) is 71.3 Å². The Morgan fingerprint density at radius 3 is 2.81 bits per heavy atom. The summed E-state index contributed by atoms with van der Waals surface area (Å²) in [6, 6.07) is 12.4. The Morgan fingerprint density at radius 2 is 2.03 bits per heavy atom. The van der Waals surface area contributed by atoms with Crippen molar-refractivity contribution >= 4 is 43.4 Å². The molecule has 4 aromatic rings. The molecule has 1 aliphatic rings. The predicted molar refractivity (Wildman–Crippen MR) is 121 cm³/mol. The highest BCUT2D eigenvalue weighted by atomic mass is 32.2. The molecule has 1 unspecified atom stereocenters. The zero-order valence-corrected chi connectivity index (χ0v) is 18.2. The number of aliphatic imine (C=N–C) groups is 1. The highest BCUT2D eigenvalue weighted by Crippen LogP contribution is 2.33. The standard InChI is InChI=1S/C20H19N7O2S2/c1-26(31(28,29)18-7-2-3-8-21-18)17-6-4-5-14-9-16(25-19(14)17)20-22-10-15(30-20)11-27-12-23-24-13-27/h2-9,12-13,15,25H,10-11H2,1H3. The summed E-state index contributed by atoms with van der Waals surface area (Å²) < 4.78 is 29.3. The van der Waals surface area contributed by atoms with Crippen LogP contribution in [0.4, 0.5) is 5.69 Å². The van der Waals surface area contributed by atoms with E-state index in [1.807, 2.05) is 22.8 Å². The molecule has 4 heterocycles. The van der Waals surface area contributed by atoms with Gasteiger partial charge >= 0.3 is 0 Å². The fourth-order valence-electron chi connectivity index (χ4n) is 3.50. The lowest BCUT2D eigenvalue weighted by molar-refractivity contribution is 0.590. The second-order valence-corrected chi connectivity index (χ2v) is 10.3. The highest BCUT2D eigenvalue weighted by molar-refractivity contribution is 8.15. The SMILES string of the molecule is CN(c1cccc2cc(C3=NCC(Cn4cnnc4)S3)[nH]c12)S(=O)(=O)c1ccccn1. The van der Waals surface area contributed by atoms with Crippen LogP contribution in [0.5, 0.6) is 0 Å². The third-order valence-electron chi connectivity index (χ3n) is 5.06. The van der Waals surface area contributed by atoms with Crippen molar-refractivity contribution < 1.29 is 8.42 Å². The number of hydrogen-bond donors (Lipinski definition) is 1. The van der Waals surface area contributed by atoms with E-state index in [0.717, 1.165) is 28.2 Å². The number of aromatic amines is 1. The molecule has 3 aromatic heterocycles. The molecule has 0 aliphatic carbocycles. The van der Waals surface area contributed by atoms with Crippen molar-refractivity contribution in [3.8, 4) is 0 Å². The number of nitrogens with one attached hydrogen (secondary N) is 1. The van der Waals surface area contributed by atoms with Crippen molar-refractivity contribution in [2.24, 2.45) is 4.99 Å². The lowest BCUT2D eigenvalue weighted by atomic mass is 10.2. The Balaban J connectivity index is 1.43. The van der Waals surface area contributed by atoms with E-state index < -0.39 is 10.0 Å². The minimum Gasteiger partial charge on any atom is -0.351 e. The number of sulfonamides is 1. The third-order valence-corrected chi connectivity index (χ3v) is 7.96. The zero-order valence-electron chi connectivity index (χ0n) is 16.6. The Kier molecular flexibility index (Phi) is 4.98. The van der Waals surface area contributed by atoms with Crippen molar-refractivity contribution in [3.05, 3.63) is 67.0 Å². The quantitative estimate of drug-likeness (QED) is 0.481. The molecule has 1 atom stereocenters. The molecular formula is C20H19N7O2S2. The average molecular weight is 454 g/mol. The van der Waals surface area contributed by atoms with Crippen molar-refractivity contribution in [1.29, 1.82) is 0 Å². The molecule has 1 aromatic carbocycles. The second-order valence-electron chi connectivity index (χ2n) is 7.11. The maximum atomic E-state index is 13.0. The van der Waals surface area contributed by atoms with Gasteiger partial charge in [-0.15, -0.1) is 10.2 Å². The Labute approximate surface area is 183 Å². The smallest absolute Gasteiger partial charge is 0.281 e. The van der Waals surface area contributed by atoms with Gasteiger partial charge in [-0.2, -0.15) is 8.42 Å². The largest absolute Gasteiger partial charge is 0.351 e. The average Bonchev–Trinajstić information content (AvgIpc) is 3.54. The van der Waals surface area contributed by atoms with Crippen molar-refractivity contribution in [1.82, 2.24) is 24.7 Å². The zero-order chi connectivity index (χ0) is 21.4. The number of rotatable bonds is 6. The number of benzene rings is 1. The molecule has 5 rings (SSSR count). The minimum absolute atomic E-state index is 0.00818. The van der Waals surface area contributed by atoms with Crippen LogP contribution in [0.3, 0.4) is 0 Å². The molecule has 0 fully saturated rings. The molecule has 31 heavy (non-hydrogen) atoms. The summed E-state index contributed by atoms with van der Waals surface area (Å²) in [5, 5.41) is 9.81. The fourth-order valence-corrected chi connectivity index (χ4v) is 5.73. The van der Waals surface area contributed by atoms with Gasteiger partial charge in [-0.3, -0.25) is 9.30 Å². The first-order chi connectivity index (χ1) is 15.0. The van der Waals surface area contributed by atoms with Crippen LogP contribution in [0, 0.1) is 0 Å². The number of pyridine rings is 1. The van der Waals surface area contributed by atoms with E-state index >= 15 is 0 Å². The van der Waals surface area contributed by atoms with Crippen molar-refractivity contribution in [2.45, 2.75) is 16.8 Å². The van der Waals surface area contributed by atoms with Gasteiger partial charge in [-0.25, -0.2) is 4.98 Å². The summed E-state index contributed by atoms with van der Waals surface area (Å²) in [5.74, 6) is 0. The van der Waals surface area contributed by atoms with E-state index in [9.17, 15) is 8.42 Å². The van der Waals surface area contributed by atoms with E-state index in [4.69, 9.17) is 0 Å². The number of thioether (sulfide) groups is 1. The predicted octanol–water partition coefficient (Wildman–Crippen LogP) is 2.54. The summed E-state index contributed by atoms with van der Waals surface area (Å²) in [4.78, 5) is 12.1. The molecule has 11 heteroatoms. The van der Waals surface area contributed by atoms with Crippen LogP contribution in [-0.2, 0) is 16.6 Å². The van der Waals surface area contributed by atoms with Crippen LogP contribution in [0.2, 0.25) is 0 Å². The number of anilines is 1. The van der Waals surface area contributed by atoms with E-state index in [2.05, 4.69) is 25.2 Å².